The highest BCUT2D eigenvalue weighted by atomic mass is 35.5. The quantitative estimate of drug-likeness (QED) is 0.578. The van der Waals surface area contributed by atoms with Crippen LogP contribution in [0, 0.1) is 0 Å². The molecule has 0 saturated heterocycles. The molecule has 0 radical (unpaired) electrons. The third-order valence-electron chi connectivity index (χ3n) is 2.89. The van der Waals surface area contributed by atoms with Gasteiger partial charge in [0.05, 0.1) is 15.8 Å². The van der Waals surface area contributed by atoms with Gasteiger partial charge in [0.2, 0.25) is 0 Å². The Morgan fingerprint density at radius 2 is 1.88 bits per heavy atom. The Bertz CT molecular complexity index is 480. The number of hydrogen-bond donors (Lipinski definition) is 1. The van der Waals surface area contributed by atoms with Crippen molar-refractivity contribution in [3.05, 3.63) is 39.4 Å². The lowest BCUT2D eigenvalue weighted by Gasteiger charge is -2.15. The molecule has 1 N–H and O–H groups in total. The summed E-state index contributed by atoms with van der Waals surface area (Å²) in [5.74, 6) is 0. The average molecular weight is 270 g/mol. The SMILES string of the molecule is O/N=C1\CCCC\C1=C/c1ccc(Cl)c(Cl)c1. The number of rotatable bonds is 1. The Morgan fingerprint density at radius 1 is 1.12 bits per heavy atom. The van der Waals surface area contributed by atoms with E-state index in [1.54, 1.807) is 6.07 Å². The molecule has 0 spiro atoms. The minimum atomic E-state index is 0.541. The molecular formula is C13H13Cl2NO. The highest BCUT2D eigenvalue weighted by Gasteiger charge is 2.13. The molecule has 17 heavy (non-hydrogen) atoms. The van der Waals surface area contributed by atoms with E-state index < -0.39 is 0 Å². The Labute approximate surface area is 111 Å². The van der Waals surface area contributed by atoms with Crippen molar-refractivity contribution in [3.8, 4) is 0 Å². The Hall–Kier alpha value is -0.990. The second-order valence-electron chi connectivity index (χ2n) is 4.10. The van der Waals surface area contributed by atoms with E-state index in [1.165, 1.54) is 0 Å². The van der Waals surface area contributed by atoms with Gasteiger partial charge in [-0.05, 0) is 55.0 Å². The van der Waals surface area contributed by atoms with Gasteiger partial charge < -0.3 is 5.21 Å². The van der Waals surface area contributed by atoms with E-state index in [0.29, 0.717) is 10.0 Å². The molecule has 1 aliphatic carbocycles. The van der Waals surface area contributed by atoms with Crippen molar-refractivity contribution in [3.63, 3.8) is 0 Å². The first kappa shape index (κ1) is 12.5. The zero-order valence-electron chi connectivity index (χ0n) is 9.29. The number of benzene rings is 1. The monoisotopic (exact) mass is 269 g/mol. The second-order valence-corrected chi connectivity index (χ2v) is 4.91. The number of allylic oxidation sites excluding steroid dienone is 1. The minimum absolute atomic E-state index is 0.541. The normalized spacial score (nSPS) is 21.1. The third-order valence-corrected chi connectivity index (χ3v) is 3.62. The van der Waals surface area contributed by atoms with Crippen LogP contribution in [0.4, 0.5) is 0 Å². The van der Waals surface area contributed by atoms with Crippen LogP contribution < -0.4 is 0 Å². The van der Waals surface area contributed by atoms with Gasteiger partial charge >= 0.3 is 0 Å². The summed E-state index contributed by atoms with van der Waals surface area (Å²) < 4.78 is 0. The fourth-order valence-electron chi connectivity index (χ4n) is 1.99. The van der Waals surface area contributed by atoms with Crippen LogP contribution in [0.5, 0.6) is 0 Å². The lowest BCUT2D eigenvalue weighted by Crippen LogP contribution is -2.08. The summed E-state index contributed by atoms with van der Waals surface area (Å²) in [5.41, 5.74) is 2.84. The van der Waals surface area contributed by atoms with Gasteiger partial charge in [-0.15, -0.1) is 0 Å². The summed E-state index contributed by atoms with van der Waals surface area (Å²) in [7, 11) is 0. The number of oxime groups is 1. The summed E-state index contributed by atoms with van der Waals surface area (Å²) in [6, 6.07) is 5.50. The van der Waals surface area contributed by atoms with Gasteiger partial charge in [0, 0.05) is 0 Å². The third kappa shape index (κ3) is 3.02. The zero-order valence-corrected chi connectivity index (χ0v) is 10.8. The van der Waals surface area contributed by atoms with Crippen LogP contribution in [-0.2, 0) is 0 Å². The molecule has 0 aliphatic heterocycles. The van der Waals surface area contributed by atoms with Gasteiger partial charge in [-0.2, -0.15) is 0 Å². The van der Waals surface area contributed by atoms with Crippen LogP contribution in [0.15, 0.2) is 28.9 Å². The van der Waals surface area contributed by atoms with E-state index in [9.17, 15) is 0 Å². The van der Waals surface area contributed by atoms with Crippen molar-refractivity contribution in [1.29, 1.82) is 0 Å². The molecule has 0 amide bonds. The number of hydrogen-bond acceptors (Lipinski definition) is 2. The van der Waals surface area contributed by atoms with E-state index in [1.807, 2.05) is 18.2 Å². The lowest BCUT2D eigenvalue weighted by molar-refractivity contribution is 0.316. The molecule has 90 valence electrons. The summed E-state index contributed by atoms with van der Waals surface area (Å²) in [4.78, 5) is 0. The van der Waals surface area contributed by atoms with Crippen molar-refractivity contribution < 1.29 is 5.21 Å². The maximum atomic E-state index is 8.94. The number of halogens is 2. The largest absolute Gasteiger partial charge is 0.411 e. The van der Waals surface area contributed by atoms with Crippen LogP contribution in [0.2, 0.25) is 10.0 Å². The van der Waals surface area contributed by atoms with Crippen LogP contribution in [0.1, 0.15) is 31.2 Å². The molecule has 0 aromatic heterocycles. The van der Waals surface area contributed by atoms with Gasteiger partial charge in [-0.25, -0.2) is 0 Å². The van der Waals surface area contributed by atoms with E-state index in [-0.39, 0.29) is 0 Å². The summed E-state index contributed by atoms with van der Waals surface area (Å²) in [6.07, 6.45) is 6.00. The molecule has 1 aromatic carbocycles. The minimum Gasteiger partial charge on any atom is -0.411 e. The Balaban J connectivity index is 2.30. The molecule has 1 aliphatic rings. The zero-order chi connectivity index (χ0) is 12.3. The van der Waals surface area contributed by atoms with E-state index in [0.717, 1.165) is 42.5 Å². The van der Waals surface area contributed by atoms with Crippen molar-refractivity contribution in [2.45, 2.75) is 25.7 Å². The van der Waals surface area contributed by atoms with Gasteiger partial charge in [0.15, 0.2) is 0 Å². The standard InChI is InChI=1S/C13H13Cl2NO/c14-11-6-5-9(8-12(11)15)7-10-3-1-2-4-13(10)16-17/h5-8,17H,1-4H2/b10-7+,16-13+. The molecule has 1 fully saturated rings. The highest BCUT2D eigenvalue weighted by Crippen LogP contribution is 2.27. The van der Waals surface area contributed by atoms with E-state index in [2.05, 4.69) is 5.16 Å². The van der Waals surface area contributed by atoms with Crippen LogP contribution in [-0.4, -0.2) is 10.9 Å². The smallest absolute Gasteiger partial charge is 0.0827 e. The fourth-order valence-corrected chi connectivity index (χ4v) is 2.29. The Kier molecular flexibility index (Phi) is 4.08. The van der Waals surface area contributed by atoms with Crippen molar-refractivity contribution >= 4 is 35.0 Å². The molecule has 0 heterocycles. The van der Waals surface area contributed by atoms with Crippen LogP contribution in [0.3, 0.4) is 0 Å². The lowest BCUT2D eigenvalue weighted by atomic mass is 9.91. The molecule has 2 nitrogen and oxygen atoms in total. The van der Waals surface area contributed by atoms with Gasteiger partial charge in [-0.1, -0.05) is 34.4 Å². The molecule has 1 aromatic rings. The maximum absolute atomic E-state index is 8.94. The van der Waals surface area contributed by atoms with Gasteiger partial charge in [-0.3, -0.25) is 0 Å². The Morgan fingerprint density at radius 3 is 2.59 bits per heavy atom. The number of nitrogens with zero attached hydrogens (tertiary/aromatic N) is 1. The molecule has 2 rings (SSSR count). The predicted molar refractivity (Wildman–Crippen MR) is 72.1 cm³/mol. The van der Waals surface area contributed by atoms with Gasteiger partial charge in [0.1, 0.15) is 0 Å². The predicted octanol–water partition coefficient (Wildman–Crippen LogP) is 4.78. The average Bonchev–Trinajstić information content (AvgIpc) is 2.34. The summed E-state index contributed by atoms with van der Waals surface area (Å²) >= 11 is 11.8. The first-order valence-electron chi connectivity index (χ1n) is 5.57. The molecular weight excluding hydrogens is 257 g/mol. The van der Waals surface area contributed by atoms with E-state index in [4.69, 9.17) is 28.4 Å². The molecule has 4 heteroatoms. The topological polar surface area (TPSA) is 32.6 Å². The molecule has 0 atom stereocenters. The van der Waals surface area contributed by atoms with Crippen molar-refractivity contribution in [1.82, 2.24) is 0 Å². The van der Waals surface area contributed by atoms with Crippen molar-refractivity contribution in [2.24, 2.45) is 5.16 Å². The molecule has 0 unspecified atom stereocenters. The molecule has 1 saturated carbocycles. The summed E-state index contributed by atoms with van der Waals surface area (Å²) in [6.45, 7) is 0. The maximum Gasteiger partial charge on any atom is 0.0827 e. The fraction of sp³-hybridized carbons (Fsp3) is 0.308. The molecule has 0 bridgehead atoms. The first-order chi connectivity index (χ1) is 8.20. The van der Waals surface area contributed by atoms with E-state index >= 15 is 0 Å². The highest BCUT2D eigenvalue weighted by molar-refractivity contribution is 6.42. The second kappa shape index (κ2) is 5.56. The summed E-state index contributed by atoms with van der Waals surface area (Å²) in [5, 5.41) is 13.4. The van der Waals surface area contributed by atoms with Crippen LogP contribution >= 0.6 is 23.2 Å². The first-order valence-corrected chi connectivity index (χ1v) is 6.33. The van der Waals surface area contributed by atoms with Crippen molar-refractivity contribution in [2.75, 3.05) is 0 Å². The van der Waals surface area contributed by atoms with Crippen LogP contribution in [0.25, 0.3) is 6.08 Å². The van der Waals surface area contributed by atoms with Gasteiger partial charge in [0.25, 0.3) is 0 Å².